The van der Waals surface area contributed by atoms with Crippen LogP contribution in [0.4, 0.5) is 5.69 Å². The molecule has 1 saturated heterocycles. The molecule has 0 aromatic heterocycles. The molecule has 0 spiro atoms. The highest BCUT2D eigenvalue weighted by Crippen LogP contribution is 2.23. The summed E-state index contributed by atoms with van der Waals surface area (Å²) in [7, 11) is 0. The Labute approximate surface area is 98.1 Å². The maximum Gasteiger partial charge on any atom is 0.229 e. The fourth-order valence-electron chi connectivity index (χ4n) is 1.83. The molecule has 1 N–H and O–H groups in total. The summed E-state index contributed by atoms with van der Waals surface area (Å²) in [5.41, 5.74) is 1.06. The Balaban J connectivity index is 2.39. The van der Waals surface area contributed by atoms with Crippen LogP contribution >= 0.6 is 0 Å². The van der Waals surface area contributed by atoms with E-state index in [4.69, 9.17) is 10.5 Å². The van der Waals surface area contributed by atoms with Gasteiger partial charge in [0.2, 0.25) is 5.91 Å². The normalized spacial score (nSPS) is 18.9. The van der Waals surface area contributed by atoms with Gasteiger partial charge in [-0.15, -0.1) is 0 Å². The molecule has 1 fully saturated rings. The number of anilines is 1. The second-order valence-electron chi connectivity index (χ2n) is 3.82. The van der Waals surface area contributed by atoms with E-state index in [0.717, 1.165) is 0 Å². The molecule has 1 atom stereocenters. The van der Waals surface area contributed by atoms with Gasteiger partial charge in [0.05, 0.1) is 30.2 Å². The predicted molar refractivity (Wildman–Crippen MR) is 58.8 cm³/mol. The summed E-state index contributed by atoms with van der Waals surface area (Å²) in [5, 5.41) is 27.0. The molecule has 84 valence electrons. The SMILES string of the molecule is N#Cc1ccc(N2CC(O)CC2=O)cc1C#N. The van der Waals surface area contributed by atoms with Gasteiger partial charge in [0, 0.05) is 5.69 Å². The monoisotopic (exact) mass is 227 g/mol. The lowest BCUT2D eigenvalue weighted by molar-refractivity contribution is -0.117. The van der Waals surface area contributed by atoms with Gasteiger partial charge in [-0.2, -0.15) is 10.5 Å². The van der Waals surface area contributed by atoms with Crippen molar-refractivity contribution in [3.8, 4) is 12.1 Å². The zero-order valence-electron chi connectivity index (χ0n) is 8.92. The molecular formula is C12H9N3O2. The van der Waals surface area contributed by atoms with Crippen LogP contribution in [0.25, 0.3) is 0 Å². The number of aliphatic hydroxyl groups is 1. The number of rotatable bonds is 1. The Morgan fingerprint density at radius 2 is 2.00 bits per heavy atom. The molecule has 0 saturated carbocycles. The summed E-state index contributed by atoms with van der Waals surface area (Å²) in [5.74, 6) is -0.175. The van der Waals surface area contributed by atoms with E-state index in [1.54, 1.807) is 6.07 Å². The van der Waals surface area contributed by atoms with Crippen molar-refractivity contribution >= 4 is 11.6 Å². The molecule has 0 bridgehead atoms. The fraction of sp³-hybridized carbons (Fsp3) is 0.250. The summed E-state index contributed by atoms with van der Waals surface area (Å²) >= 11 is 0. The Bertz CT molecular complexity index is 554. The largest absolute Gasteiger partial charge is 0.391 e. The van der Waals surface area contributed by atoms with E-state index >= 15 is 0 Å². The second kappa shape index (κ2) is 4.25. The van der Waals surface area contributed by atoms with Crippen LogP contribution in [0.15, 0.2) is 18.2 Å². The molecule has 1 amide bonds. The van der Waals surface area contributed by atoms with Crippen LogP contribution in [-0.2, 0) is 4.79 Å². The molecule has 0 aliphatic carbocycles. The van der Waals surface area contributed by atoms with Crippen molar-refractivity contribution < 1.29 is 9.90 Å². The first-order chi connectivity index (χ1) is 8.15. The van der Waals surface area contributed by atoms with Crippen LogP contribution in [0.1, 0.15) is 17.5 Å². The molecule has 17 heavy (non-hydrogen) atoms. The first-order valence-corrected chi connectivity index (χ1v) is 5.08. The quantitative estimate of drug-likeness (QED) is 0.757. The van der Waals surface area contributed by atoms with Gasteiger partial charge in [0.15, 0.2) is 0 Å². The maximum absolute atomic E-state index is 11.6. The van der Waals surface area contributed by atoms with Gasteiger partial charge in [-0.25, -0.2) is 0 Å². The summed E-state index contributed by atoms with van der Waals surface area (Å²) < 4.78 is 0. The fourth-order valence-corrected chi connectivity index (χ4v) is 1.83. The van der Waals surface area contributed by atoms with Crippen molar-refractivity contribution in [3.05, 3.63) is 29.3 Å². The minimum Gasteiger partial charge on any atom is -0.391 e. The highest BCUT2D eigenvalue weighted by atomic mass is 16.3. The third-order valence-corrected chi connectivity index (χ3v) is 2.66. The van der Waals surface area contributed by atoms with E-state index in [9.17, 15) is 9.90 Å². The molecule has 5 heteroatoms. The van der Waals surface area contributed by atoms with Gasteiger partial charge < -0.3 is 10.0 Å². The lowest BCUT2D eigenvalue weighted by Gasteiger charge is -2.16. The van der Waals surface area contributed by atoms with Crippen molar-refractivity contribution in [2.24, 2.45) is 0 Å². The van der Waals surface area contributed by atoms with E-state index in [2.05, 4.69) is 0 Å². The van der Waals surface area contributed by atoms with Crippen LogP contribution in [-0.4, -0.2) is 23.7 Å². The van der Waals surface area contributed by atoms with E-state index in [-0.39, 0.29) is 30.0 Å². The first kappa shape index (κ1) is 11.1. The lowest BCUT2D eigenvalue weighted by Crippen LogP contribution is -2.25. The number of nitriles is 2. The van der Waals surface area contributed by atoms with Crippen molar-refractivity contribution in [3.63, 3.8) is 0 Å². The van der Waals surface area contributed by atoms with Gasteiger partial charge in [-0.05, 0) is 18.2 Å². The van der Waals surface area contributed by atoms with Crippen LogP contribution in [0, 0.1) is 22.7 Å². The molecule has 2 rings (SSSR count). The minimum absolute atomic E-state index is 0.0991. The second-order valence-corrected chi connectivity index (χ2v) is 3.82. The predicted octanol–water partition coefficient (Wildman–Crippen LogP) is 0.528. The number of carbonyl (C=O) groups excluding carboxylic acids is 1. The van der Waals surface area contributed by atoms with Gasteiger partial charge in [-0.3, -0.25) is 4.79 Å². The van der Waals surface area contributed by atoms with Crippen LogP contribution in [0.3, 0.4) is 0 Å². The number of nitrogens with zero attached hydrogens (tertiary/aromatic N) is 3. The number of hydrogen-bond acceptors (Lipinski definition) is 4. The lowest BCUT2D eigenvalue weighted by atomic mass is 10.1. The number of aliphatic hydroxyl groups excluding tert-OH is 1. The smallest absolute Gasteiger partial charge is 0.229 e. The van der Waals surface area contributed by atoms with Crippen molar-refractivity contribution in [1.82, 2.24) is 0 Å². The van der Waals surface area contributed by atoms with Crippen LogP contribution in [0.5, 0.6) is 0 Å². The van der Waals surface area contributed by atoms with Crippen molar-refractivity contribution in [2.75, 3.05) is 11.4 Å². The Kier molecular flexibility index (Phi) is 2.78. The summed E-state index contributed by atoms with van der Waals surface area (Å²) in [6.07, 6.45) is -0.564. The standard InChI is InChI=1S/C12H9N3O2/c13-5-8-1-2-10(3-9(8)6-14)15-7-11(16)4-12(15)17/h1-3,11,16H,4,7H2. The summed E-state index contributed by atoms with van der Waals surface area (Å²) in [6, 6.07) is 8.43. The van der Waals surface area contributed by atoms with Crippen LogP contribution < -0.4 is 4.90 Å². The van der Waals surface area contributed by atoms with Crippen molar-refractivity contribution in [2.45, 2.75) is 12.5 Å². The van der Waals surface area contributed by atoms with Gasteiger partial charge in [0.25, 0.3) is 0 Å². The molecule has 1 aliphatic heterocycles. The summed E-state index contributed by atoms with van der Waals surface area (Å²) in [4.78, 5) is 13.0. The van der Waals surface area contributed by atoms with Crippen LogP contribution in [0.2, 0.25) is 0 Å². The summed E-state index contributed by atoms with van der Waals surface area (Å²) in [6.45, 7) is 0.232. The number of hydrogen-bond donors (Lipinski definition) is 1. The van der Waals surface area contributed by atoms with E-state index in [1.807, 2.05) is 12.1 Å². The van der Waals surface area contributed by atoms with E-state index in [0.29, 0.717) is 5.69 Å². The molecule has 1 heterocycles. The zero-order valence-corrected chi connectivity index (χ0v) is 8.92. The first-order valence-electron chi connectivity index (χ1n) is 5.08. The molecule has 1 unspecified atom stereocenters. The Morgan fingerprint density at radius 1 is 1.29 bits per heavy atom. The zero-order chi connectivity index (χ0) is 12.4. The molecule has 0 radical (unpaired) electrons. The average molecular weight is 227 g/mol. The highest BCUT2D eigenvalue weighted by Gasteiger charge is 2.29. The molecule has 5 nitrogen and oxygen atoms in total. The molecule has 1 aromatic carbocycles. The van der Waals surface area contributed by atoms with Crippen molar-refractivity contribution in [1.29, 1.82) is 10.5 Å². The topological polar surface area (TPSA) is 88.1 Å². The van der Waals surface area contributed by atoms with Gasteiger partial charge in [0.1, 0.15) is 12.1 Å². The minimum atomic E-state index is -0.663. The number of amides is 1. The van der Waals surface area contributed by atoms with Gasteiger partial charge >= 0.3 is 0 Å². The van der Waals surface area contributed by atoms with E-state index in [1.165, 1.54) is 17.0 Å². The number of β-amino-alcohol motifs (C(OH)–C–C–N with tert-alkyl or cyclic N) is 1. The third kappa shape index (κ3) is 1.96. The third-order valence-electron chi connectivity index (χ3n) is 2.66. The highest BCUT2D eigenvalue weighted by molar-refractivity contribution is 5.96. The van der Waals surface area contributed by atoms with Gasteiger partial charge in [-0.1, -0.05) is 0 Å². The Morgan fingerprint density at radius 3 is 2.53 bits per heavy atom. The maximum atomic E-state index is 11.6. The molecule has 1 aliphatic rings. The average Bonchev–Trinajstić information content (AvgIpc) is 2.67. The Hall–Kier alpha value is -2.37. The molecule has 1 aromatic rings. The molecular weight excluding hydrogens is 218 g/mol. The van der Waals surface area contributed by atoms with E-state index < -0.39 is 6.10 Å². The number of benzene rings is 1. The number of carbonyl (C=O) groups is 1.